The highest BCUT2D eigenvalue weighted by Crippen LogP contribution is 2.27. The first-order chi connectivity index (χ1) is 15.0. The molecule has 0 saturated carbocycles. The van der Waals surface area contributed by atoms with Crippen LogP contribution >= 0.6 is 0 Å². The Morgan fingerprint density at radius 1 is 0.839 bits per heavy atom. The smallest absolute Gasteiger partial charge is 0.253 e. The largest absolute Gasteiger partial charge is 0.345 e. The van der Waals surface area contributed by atoms with E-state index in [1.165, 1.54) is 4.90 Å². The van der Waals surface area contributed by atoms with Crippen molar-refractivity contribution in [3.63, 3.8) is 0 Å². The van der Waals surface area contributed by atoms with Crippen LogP contribution in [-0.2, 0) is 4.79 Å². The summed E-state index contributed by atoms with van der Waals surface area (Å²) in [5, 5.41) is 2.89. The van der Waals surface area contributed by atoms with E-state index in [2.05, 4.69) is 41.4 Å². The average molecular weight is 411 g/mol. The molecule has 0 saturated heterocycles. The lowest BCUT2D eigenvalue weighted by molar-refractivity contribution is -0.121. The standard InChI is InChI=1S/C27H26N2O2/c1-29(2)27(31)24-17-15-21(16-18-24)10-9-19-28-26(30)20-25(22-11-5-3-6-12-22)23-13-7-4-8-14-23/h3-8,11-18,25H,19-20H2,1-2H3,(H,28,30). The van der Waals surface area contributed by atoms with Crippen molar-refractivity contribution in [3.05, 3.63) is 107 Å². The van der Waals surface area contributed by atoms with Crippen LogP contribution in [0.5, 0.6) is 0 Å². The van der Waals surface area contributed by atoms with E-state index in [0.717, 1.165) is 16.7 Å². The summed E-state index contributed by atoms with van der Waals surface area (Å²) in [6.45, 7) is 0.271. The molecule has 3 rings (SSSR count). The molecule has 0 aromatic heterocycles. The maximum atomic E-state index is 12.6. The fourth-order valence-electron chi connectivity index (χ4n) is 3.30. The molecular formula is C27H26N2O2. The highest BCUT2D eigenvalue weighted by molar-refractivity contribution is 5.93. The molecule has 156 valence electrons. The van der Waals surface area contributed by atoms with Crippen molar-refractivity contribution in [1.82, 2.24) is 10.2 Å². The first-order valence-corrected chi connectivity index (χ1v) is 10.2. The zero-order valence-electron chi connectivity index (χ0n) is 17.8. The van der Waals surface area contributed by atoms with Gasteiger partial charge in [-0.1, -0.05) is 72.5 Å². The number of carbonyl (C=O) groups is 2. The van der Waals surface area contributed by atoms with Crippen LogP contribution in [-0.4, -0.2) is 37.4 Å². The van der Waals surface area contributed by atoms with Gasteiger partial charge < -0.3 is 10.2 Å². The highest BCUT2D eigenvalue weighted by Gasteiger charge is 2.17. The molecule has 4 heteroatoms. The summed E-state index contributed by atoms with van der Waals surface area (Å²) in [6.07, 6.45) is 0.358. The van der Waals surface area contributed by atoms with Gasteiger partial charge in [0.2, 0.25) is 5.91 Å². The van der Waals surface area contributed by atoms with E-state index in [0.29, 0.717) is 12.0 Å². The van der Waals surface area contributed by atoms with Gasteiger partial charge in [-0.2, -0.15) is 0 Å². The number of benzene rings is 3. The van der Waals surface area contributed by atoms with Crippen LogP contribution < -0.4 is 5.32 Å². The minimum Gasteiger partial charge on any atom is -0.345 e. The molecule has 2 amide bonds. The maximum Gasteiger partial charge on any atom is 0.253 e. The van der Waals surface area contributed by atoms with Crippen LogP contribution in [0.25, 0.3) is 0 Å². The molecule has 0 aliphatic rings. The normalized spacial score (nSPS) is 10.2. The summed E-state index contributed by atoms with van der Waals surface area (Å²) in [5.41, 5.74) is 3.65. The molecular weight excluding hydrogens is 384 g/mol. The van der Waals surface area contributed by atoms with E-state index in [1.54, 1.807) is 26.2 Å². The fourth-order valence-corrected chi connectivity index (χ4v) is 3.30. The second-order valence-corrected chi connectivity index (χ2v) is 7.43. The first kappa shape index (κ1) is 21.9. The predicted octanol–water partition coefficient (Wildman–Crippen LogP) is 4.08. The molecule has 0 fully saturated rings. The number of nitrogens with zero attached hydrogens (tertiary/aromatic N) is 1. The van der Waals surface area contributed by atoms with Crippen molar-refractivity contribution in [3.8, 4) is 11.8 Å². The molecule has 0 unspecified atom stereocenters. The molecule has 0 atom stereocenters. The molecule has 4 nitrogen and oxygen atoms in total. The van der Waals surface area contributed by atoms with Crippen molar-refractivity contribution in [2.75, 3.05) is 20.6 Å². The number of rotatable bonds is 6. The molecule has 0 aliphatic carbocycles. The van der Waals surface area contributed by atoms with Crippen LogP contribution in [0.15, 0.2) is 84.9 Å². The lowest BCUT2D eigenvalue weighted by Gasteiger charge is -2.17. The van der Waals surface area contributed by atoms with Crippen molar-refractivity contribution in [2.45, 2.75) is 12.3 Å². The van der Waals surface area contributed by atoms with Crippen LogP contribution in [0.2, 0.25) is 0 Å². The average Bonchev–Trinajstić information content (AvgIpc) is 2.81. The van der Waals surface area contributed by atoms with Crippen molar-refractivity contribution in [2.24, 2.45) is 0 Å². The summed E-state index contributed by atoms with van der Waals surface area (Å²) in [7, 11) is 3.44. The Hall–Kier alpha value is -3.84. The van der Waals surface area contributed by atoms with Gasteiger partial charge in [0, 0.05) is 37.6 Å². The molecule has 0 spiro atoms. The predicted molar refractivity (Wildman–Crippen MR) is 124 cm³/mol. The van der Waals surface area contributed by atoms with Crippen molar-refractivity contribution < 1.29 is 9.59 Å². The summed E-state index contributed by atoms with van der Waals surface area (Å²) >= 11 is 0. The molecule has 3 aromatic rings. The van der Waals surface area contributed by atoms with Gasteiger partial charge in [0.15, 0.2) is 0 Å². The minimum absolute atomic E-state index is 0.00265. The summed E-state index contributed by atoms with van der Waals surface area (Å²) in [4.78, 5) is 26.0. The van der Waals surface area contributed by atoms with Crippen LogP contribution in [0.3, 0.4) is 0 Å². The van der Waals surface area contributed by atoms with Crippen LogP contribution in [0.4, 0.5) is 0 Å². The van der Waals surface area contributed by atoms with Gasteiger partial charge in [0.1, 0.15) is 0 Å². The molecule has 0 radical (unpaired) electrons. The quantitative estimate of drug-likeness (QED) is 0.623. The van der Waals surface area contributed by atoms with E-state index >= 15 is 0 Å². The molecule has 0 bridgehead atoms. The van der Waals surface area contributed by atoms with Crippen molar-refractivity contribution in [1.29, 1.82) is 0 Å². The molecule has 3 aromatic carbocycles. The third-order valence-corrected chi connectivity index (χ3v) is 4.94. The third kappa shape index (κ3) is 6.32. The van der Waals surface area contributed by atoms with E-state index in [4.69, 9.17) is 0 Å². The lowest BCUT2D eigenvalue weighted by atomic mass is 9.88. The molecule has 31 heavy (non-hydrogen) atoms. The second kappa shape index (κ2) is 10.8. The highest BCUT2D eigenvalue weighted by atomic mass is 16.2. The van der Waals surface area contributed by atoms with E-state index in [-0.39, 0.29) is 24.3 Å². The topological polar surface area (TPSA) is 49.4 Å². The fraction of sp³-hybridized carbons (Fsp3) is 0.185. The zero-order valence-corrected chi connectivity index (χ0v) is 17.8. The summed E-state index contributed by atoms with van der Waals surface area (Å²) in [6, 6.07) is 27.3. The van der Waals surface area contributed by atoms with E-state index in [1.807, 2.05) is 48.5 Å². The zero-order chi connectivity index (χ0) is 22.1. The van der Waals surface area contributed by atoms with Gasteiger partial charge in [0.25, 0.3) is 5.91 Å². The van der Waals surface area contributed by atoms with Gasteiger partial charge in [0.05, 0.1) is 6.54 Å². The SMILES string of the molecule is CN(C)C(=O)c1ccc(C#CCNC(=O)CC(c2ccccc2)c2ccccc2)cc1. The van der Waals surface area contributed by atoms with Gasteiger partial charge >= 0.3 is 0 Å². The molecule has 1 N–H and O–H groups in total. The van der Waals surface area contributed by atoms with E-state index < -0.39 is 0 Å². The van der Waals surface area contributed by atoms with Crippen LogP contribution in [0, 0.1) is 11.8 Å². The van der Waals surface area contributed by atoms with E-state index in [9.17, 15) is 9.59 Å². The lowest BCUT2D eigenvalue weighted by Crippen LogP contribution is -2.25. The number of amides is 2. The number of hydrogen-bond donors (Lipinski definition) is 1. The Bertz CT molecular complexity index is 1020. The minimum atomic E-state index is -0.0434. The van der Waals surface area contributed by atoms with Gasteiger partial charge in [-0.25, -0.2) is 0 Å². The Morgan fingerprint density at radius 2 is 1.39 bits per heavy atom. The first-order valence-electron chi connectivity index (χ1n) is 10.2. The van der Waals surface area contributed by atoms with Crippen molar-refractivity contribution >= 4 is 11.8 Å². The summed E-state index contributed by atoms with van der Waals surface area (Å²) < 4.78 is 0. The molecule has 0 heterocycles. The molecule has 0 aliphatic heterocycles. The Morgan fingerprint density at radius 3 is 1.90 bits per heavy atom. The Labute approximate surface area is 183 Å². The number of hydrogen-bond acceptors (Lipinski definition) is 2. The number of carbonyl (C=O) groups excluding carboxylic acids is 2. The van der Waals surface area contributed by atoms with Gasteiger partial charge in [-0.05, 0) is 35.4 Å². The van der Waals surface area contributed by atoms with Gasteiger partial charge in [-0.15, -0.1) is 0 Å². The number of nitrogens with one attached hydrogen (secondary N) is 1. The second-order valence-electron chi connectivity index (χ2n) is 7.43. The Balaban J connectivity index is 1.59. The van der Waals surface area contributed by atoms with Gasteiger partial charge in [-0.3, -0.25) is 9.59 Å². The maximum absolute atomic E-state index is 12.6. The van der Waals surface area contributed by atoms with Crippen LogP contribution in [0.1, 0.15) is 39.4 Å². The Kier molecular flexibility index (Phi) is 7.61. The third-order valence-electron chi connectivity index (χ3n) is 4.94. The monoisotopic (exact) mass is 410 g/mol. The summed E-state index contributed by atoms with van der Waals surface area (Å²) in [5.74, 6) is 5.91.